The van der Waals surface area contributed by atoms with E-state index >= 15 is 0 Å². The van der Waals surface area contributed by atoms with Crippen molar-refractivity contribution in [1.29, 1.82) is 0 Å². The maximum Gasteiger partial charge on any atom is 0.275 e. The number of pyridine rings is 1. The van der Waals surface area contributed by atoms with Gasteiger partial charge in [0, 0.05) is 18.2 Å². The number of methoxy groups -OCH3 is 1. The van der Waals surface area contributed by atoms with Crippen LogP contribution in [0.5, 0.6) is 17.5 Å². The highest BCUT2D eigenvalue weighted by Crippen LogP contribution is 2.28. The van der Waals surface area contributed by atoms with Gasteiger partial charge in [-0.05, 0) is 19.9 Å². The molecule has 0 aliphatic heterocycles. The topological polar surface area (TPSA) is 110 Å². The highest BCUT2D eigenvalue weighted by atomic mass is 16.5. The van der Waals surface area contributed by atoms with Crippen LogP contribution in [0, 0.1) is 6.92 Å². The second kappa shape index (κ2) is 7.51. The van der Waals surface area contributed by atoms with Gasteiger partial charge < -0.3 is 18.7 Å². The zero-order chi connectivity index (χ0) is 19.5. The molecule has 4 aromatic heterocycles. The van der Waals surface area contributed by atoms with Crippen molar-refractivity contribution < 1.29 is 18.7 Å². The van der Waals surface area contributed by atoms with Crippen molar-refractivity contribution in [2.45, 2.75) is 20.5 Å². The van der Waals surface area contributed by atoms with Crippen molar-refractivity contribution in [2.24, 2.45) is 0 Å². The van der Waals surface area contributed by atoms with Gasteiger partial charge >= 0.3 is 0 Å². The minimum absolute atomic E-state index is 0.191. The fourth-order valence-electron chi connectivity index (χ4n) is 2.59. The molecule has 0 bridgehead atoms. The Morgan fingerprint density at radius 3 is 2.79 bits per heavy atom. The summed E-state index contributed by atoms with van der Waals surface area (Å²) in [5.74, 6) is 2.36. The summed E-state index contributed by atoms with van der Waals surface area (Å²) in [6, 6.07) is 8.94. The van der Waals surface area contributed by atoms with Gasteiger partial charge in [-0.25, -0.2) is 4.98 Å². The molecule has 28 heavy (non-hydrogen) atoms. The summed E-state index contributed by atoms with van der Waals surface area (Å²) >= 11 is 0. The van der Waals surface area contributed by atoms with Gasteiger partial charge in [0.15, 0.2) is 17.1 Å². The second-order valence-electron chi connectivity index (χ2n) is 5.82. The Labute approximate surface area is 160 Å². The smallest absolute Gasteiger partial charge is 0.275 e. The van der Waals surface area contributed by atoms with E-state index in [1.165, 1.54) is 11.6 Å². The molecule has 0 aliphatic rings. The SMILES string of the molecule is CCOc1cccc(COc2nn3c(-c4cc(C)on4)nnc3cc2OC)n1. The van der Waals surface area contributed by atoms with E-state index in [0.29, 0.717) is 46.9 Å². The predicted octanol–water partition coefficient (Wildman–Crippen LogP) is 2.47. The molecule has 4 rings (SSSR count). The van der Waals surface area contributed by atoms with E-state index in [9.17, 15) is 0 Å². The van der Waals surface area contributed by atoms with Crippen molar-refractivity contribution in [2.75, 3.05) is 13.7 Å². The van der Waals surface area contributed by atoms with E-state index in [4.69, 9.17) is 18.7 Å². The summed E-state index contributed by atoms with van der Waals surface area (Å²) in [5.41, 5.74) is 1.72. The van der Waals surface area contributed by atoms with Crippen molar-refractivity contribution >= 4 is 5.65 Å². The standard InChI is InChI=1S/C18H18N6O4/c1-4-26-16-7-5-6-12(19-16)10-27-18-14(25-3)9-15-20-21-17(24(15)22-18)13-8-11(2)28-23-13/h5-9H,4,10H2,1-3H3. The van der Waals surface area contributed by atoms with Crippen LogP contribution in [0.25, 0.3) is 17.2 Å². The first-order valence-corrected chi connectivity index (χ1v) is 8.63. The lowest BCUT2D eigenvalue weighted by Crippen LogP contribution is -2.06. The predicted molar refractivity (Wildman–Crippen MR) is 97.3 cm³/mol. The second-order valence-corrected chi connectivity index (χ2v) is 5.82. The molecule has 10 nitrogen and oxygen atoms in total. The highest BCUT2D eigenvalue weighted by molar-refractivity contribution is 5.56. The van der Waals surface area contributed by atoms with Crippen molar-refractivity contribution in [3.63, 3.8) is 0 Å². The molecule has 10 heteroatoms. The van der Waals surface area contributed by atoms with Crippen molar-refractivity contribution in [1.82, 2.24) is 30.0 Å². The van der Waals surface area contributed by atoms with Crippen LogP contribution >= 0.6 is 0 Å². The van der Waals surface area contributed by atoms with E-state index in [-0.39, 0.29) is 12.5 Å². The van der Waals surface area contributed by atoms with Crippen LogP contribution in [0.1, 0.15) is 18.4 Å². The van der Waals surface area contributed by atoms with Gasteiger partial charge in [0.25, 0.3) is 5.88 Å². The Bertz CT molecular complexity index is 1110. The molecule has 0 N–H and O–H groups in total. The number of rotatable bonds is 7. The number of nitrogens with zero attached hydrogens (tertiary/aromatic N) is 6. The van der Waals surface area contributed by atoms with Gasteiger partial charge in [-0.15, -0.1) is 15.3 Å². The highest BCUT2D eigenvalue weighted by Gasteiger charge is 2.18. The first-order chi connectivity index (χ1) is 13.7. The summed E-state index contributed by atoms with van der Waals surface area (Å²) in [6.07, 6.45) is 0. The lowest BCUT2D eigenvalue weighted by atomic mass is 10.3. The molecule has 4 heterocycles. The van der Waals surface area contributed by atoms with E-state index in [2.05, 4.69) is 25.4 Å². The monoisotopic (exact) mass is 382 g/mol. The Balaban J connectivity index is 1.65. The van der Waals surface area contributed by atoms with Gasteiger partial charge in [0.1, 0.15) is 12.4 Å². The molecule has 0 radical (unpaired) electrons. The molecule has 144 valence electrons. The summed E-state index contributed by atoms with van der Waals surface area (Å²) < 4.78 is 23.3. The minimum atomic E-state index is 0.191. The molecule has 0 aliphatic carbocycles. The molecule has 0 amide bonds. The summed E-state index contributed by atoms with van der Waals surface area (Å²) in [4.78, 5) is 4.38. The zero-order valence-corrected chi connectivity index (χ0v) is 15.6. The van der Waals surface area contributed by atoms with Crippen LogP contribution in [0.3, 0.4) is 0 Å². The van der Waals surface area contributed by atoms with Gasteiger partial charge in [-0.1, -0.05) is 11.2 Å². The van der Waals surface area contributed by atoms with Crippen LogP contribution in [0.2, 0.25) is 0 Å². The Hall–Kier alpha value is -3.69. The fraction of sp³-hybridized carbons (Fsp3) is 0.278. The van der Waals surface area contributed by atoms with E-state index < -0.39 is 0 Å². The molecule has 0 saturated carbocycles. The van der Waals surface area contributed by atoms with Crippen LogP contribution in [0.15, 0.2) is 34.9 Å². The first kappa shape index (κ1) is 17.7. The maximum atomic E-state index is 5.85. The third kappa shape index (κ3) is 3.43. The molecular weight excluding hydrogens is 364 g/mol. The lowest BCUT2D eigenvalue weighted by Gasteiger charge is -2.10. The molecule has 0 unspecified atom stereocenters. The average molecular weight is 382 g/mol. The number of aromatic nitrogens is 6. The van der Waals surface area contributed by atoms with Gasteiger partial charge in [0.2, 0.25) is 11.7 Å². The number of ether oxygens (including phenoxy) is 3. The van der Waals surface area contributed by atoms with Crippen molar-refractivity contribution in [3.05, 3.63) is 41.8 Å². The Kier molecular flexibility index (Phi) is 4.75. The Morgan fingerprint density at radius 1 is 1.14 bits per heavy atom. The quantitative estimate of drug-likeness (QED) is 0.476. The lowest BCUT2D eigenvalue weighted by molar-refractivity contribution is 0.261. The van der Waals surface area contributed by atoms with Crippen molar-refractivity contribution in [3.8, 4) is 29.0 Å². The van der Waals surface area contributed by atoms with Crippen LogP contribution in [-0.2, 0) is 6.61 Å². The summed E-state index contributed by atoms with van der Waals surface area (Å²) in [7, 11) is 1.53. The number of aryl methyl sites for hydroxylation is 1. The molecule has 0 fully saturated rings. The third-order valence-corrected chi connectivity index (χ3v) is 3.83. The Morgan fingerprint density at radius 2 is 2.04 bits per heavy atom. The van der Waals surface area contributed by atoms with Crippen LogP contribution < -0.4 is 14.2 Å². The fourth-order valence-corrected chi connectivity index (χ4v) is 2.59. The van der Waals surface area contributed by atoms with E-state index in [1.54, 1.807) is 25.1 Å². The van der Waals surface area contributed by atoms with Gasteiger partial charge in [-0.2, -0.15) is 4.52 Å². The maximum absolute atomic E-state index is 5.85. The number of fused-ring (bicyclic) bond motifs is 1. The largest absolute Gasteiger partial charge is 0.491 e. The first-order valence-electron chi connectivity index (χ1n) is 8.63. The van der Waals surface area contributed by atoms with Crippen LogP contribution in [0.4, 0.5) is 0 Å². The molecule has 0 saturated heterocycles. The summed E-state index contributed by atoms with van der Waals surface area (Å²) in [5, 5.41) is 16.7. The average Bonchev–Trinajstić information content (AvgIpc) is 3.31. The molecule has 0 atom stereocenters. The van der Waals surface area contributed by atoms with E-state index in [0.717, 1.165) is 0 Å². The van der Waals surface area contributed by atoms with Gasteiger partial charge in [0.05, 0.1) is 19.4 Å². The molecular formula is C18H18N6O4. The van der Waals surface area contributed by atoms with Gasteiger partial charge in [-0.3, -0.25) is 0 Å². The molecule has 0 aromatic carbocycles. The zero-order valence-electron chi connectivity index (χ0n) is 15.6. The third-order valence-electron chi connectivity index (χ3n) is 3.83. The minimum Gasteiger partial charge on any atom is -0.491 e. The molecule has 0 spiro atoms. The van der Waals surface area contributed by atoms with Crippen LogP contribution in [-0.4, -0.2) is 43.7 Å². The summed E-state index contributed by atoms with van der Waals surface area (Å²) in [6.45, 7) is 4.44. The normalized spacial score (nSPS) is 11.0. The number of hydrogen-bond acceptors (Lipinski definition) is 9. The molecule has 4 aromatic rings. The number of hydrogen-bond donors (Lipinski definition) is 0. The van der Waals surface area contributed by atoms with E-state index in [1.807, 2.05) is 19.1 Å².